The van der Waals surface area contributed by atoms with E-state index in [0.717, 1.165) is 16.7 Å². The highest BCUT2D eigenvalue weighted by atomic mass is 32.2. The predicted octanol–water partition coefficient (Wildman–Crippen LogP) is 4.22. The second-order valence-corrected chi connectivity index (χ2v) is 11.5. The summed E-state index contributed by atoms with van der Waals surface area (Å²) in [4.78, 5) is 28.0. The lowest BCUT2D eigenvalue weighted by atomic mass is 10.1. The fourth-order valence-electron chi connectivity index (χ4n) is 4.16. The van der Waals surface area contributed by atoms with E-state index in [1.54, 1.807) is 11.0 Å². The average Bonchev–Trinajstić information content (AvgIpc) is 2.80. The zero-order valence-corrected chi connectivity index (χ0v) is 23.3. The number of sulfonamides is 1. The van der Waals surface area contributed by atoms with Crippen LogP contribution < -0.4 is 9.62 Å². The van der Waals surface area contributed by atoms with Crippen molar-refractivity contribution in [2.75, 3.05) is 23.7 Å². The Kier molecular flexibility index (Phi) is 11.0. The largest absolute Gasteiger partial charge is 0.352 e. The first kappa shape index (κ1) is 29.4. The van der Waals surface area contributed by atoms with Crippen molar-refractivity contribution in [1.82, 2.24) is 10.2 Å². The van der Waals surface area contributed by atoms with E-state index in [1.807, 2.05) is 77.1 Å². The Hall–Kier alpha value is -2.87. The maximum Gasteiger partial charge on any atom is 0.242 e. The SMILES string of the molecule is CC[C@@H](C(=O)NC(C)C)N(CCc1ccccc1)C(=O)CCCN(c1ccc(C)c(C)c1)S(C)(=O)=O. The van der Waals surface area contributed by atoms with Gasteiger partial charge in [0.2, 0.25) is 21.8 Å². The van der Waals surface area contributed by atoms with E-state index in [0.29, 0.717) is 31.5 Å². The van der Waals surface area contributed by atoms with Gasteiger partial charge in [0.25, 0.3) is 0 Å². The van der Waals surface area contributed by atoms with Gasteiger partial charge in [-0.2, -0.15) is 0 Å². The van der Waals surface area contributed by atoms with Crippen molar-refractivity contribution in [1.29, 1.82) is 0 Å². The summed E-state index contributed by atoms with van der Waals surface area (Å²) in [6, 6.07) is 14.8. The molecular weight excluding hydrogens is 474 g/mol. The van der Waals surface area contributed by atoms with Crippen molar-refractivity contribution >= 4 is 27.5 Å². The molecule has 0 heterocycles. The Morgan fingerprint density at radius 1 is 0.972 bits per heavy atom. The van der Waals surface area contributed by atoms with Crippen LogP contribution in [0.5, 0.6) is 0 Å². The summed E-state index contributed by atoms with van der Waals surface area (Å²) in [5.41, 5.74) is 3.78. The number of carbonyl (C=O) groups excluding carboxylic acids is 2. The Morgan fingerprint density at radius 3 is 2.19 bits per heavy atom. The van der Waals surface area contributed by atoms with Gasteiger partial charge in [0.1, 0.15) is 6.04 Å². The van der Waals surface area contributed by atoms with Crippen LogP contribution in [0, 0.1) is 13.8 Å². The van der Waals surface area contributed by atoms with E-state index in [9.17, 15) is 18.0 Å². The zero-order valence-electron chi connectivity index (χ0n) is 22.5. The van der Waals surface area contributed by atoms with Crippen LogP contribution in [0.15, 0.2) is 48.5 Å². The summed E-state index contributed by atoms with van der Waals surface area (Å²) >= 11 is 0. The number of nitrogens with zero attached hydrogens (tertiary/aromatic N) is 2. The Bertz CT molecular complexity index is 1120. The summed E-state index contributed by atoms with van der Waals surface area (Å²) in [5, 5.41) is 2.93. The molecule has 7 nitrogen and oxygen atoms in total. The maximum absolute atomic E-state index is 13.4. The molecule has 8 heteroatoms. The molecule has 2 aromatic carbocycles. The number of benzene rings is 2. The van der Waals surface area contributed by atoms with Crippen LogP contribution >= 0.6 is 0 Å². The van der Waals surface area contributed by atoms with E-state index in [2.05, 4.69) is 5.32 Å². The minimum Gasteiger partial charge on any atom is -0.352 e. The predicted molar refractivity (Wildman–Crippen MR) is 147 cm³/mol. The second kappa shape index (κ2) is 13.4. The van der Waals surface area contributed by atoms with Crippen molar-refractivity contribution < 1.29 is 18.0 Å². The standard InChI is InChI=1S/C28H41N3O4S/c1-7-26(28(33)29-21(2)3)30(19-17-24-12-9-8-10-13-24)27(32)14-11-18-31(36(6,34)35)25-16-15-22(4)23(5)20-25/h8-10,12-13,15-16,20-21,26H,7,11,14,17-19H2,1-6H3,(H,29,33)/t26-/m0/s1. The van der Waals surface area contributed by atoms with Crippen LogP contribution in [0.1, 0.15) is 56.7 Å². The molecule has 0 aliphatic heterocycles. The van der Waals surface area contributed by atoms with Crippen molar-refractivity contribution in [3.63, 3.8) is 0 Å². The summed E-state index contributed by atoms with van der Waals surface area (Å²) in [6.45, 7) is 10.2. The monoisotopic (exact) mass is 515 g/mol. The molecule has 0 aliphatic carbocycles. The van der Waals surface area contributed by atoms with Crippen LogP contribution in [0.25, 0.3) is 0 Å². The van der Waals surface area contributed by atoms with Gasteiger partial charge >= 0.3 is 0 Å². The van der Waals surface area contributed by atoms with Crippen LogP contribution in [0.4, 0.5) is 5.69 Å². The molecule has 0 aromatic heterocycles. The number of aryl methyl sites for hydroxylation is 2. The minimum atomic E-state index is -3.52. The van der Waals surface area contributed by atoms with Crippen molar-refractivity contribution in [2.45, 2.75) is 72.4 Å². The molecule has 0 saturated carbocycles. The molecular formula is C28H41N3O4S. The highest BCUT2D eigenvalue weighted by Gasteiger charge is 2.28. The molecule has 0 unspecified atom stereocenters. The van der Waals surface area contributed by atoms with E-state index in [1.165, 1.54) is 10.6 Å². The third-order valence-electron chi connectivity index (χ3n) is 6.23. The highest BCUT2D eigenvalue weighted by Crippen LogP contribution is 2.22. The van der Waals surface area contributed by atoms with Gasteiger partial charge in [-0.3, -0.25) is 13.9 Å². The molecule has 0 fully saturated rings. The Balaban J connectivity index is 2.17. The van der Waals surface area contributed by atoms with Crippen molar-refractivity contribution in [3.8, 4) is 0 Å². The summed E-state index contributed by atoms with van der Waals surface area (Å²) in [7, 11) is -3.52. The molecule has 2 aromatic rings. The van der Waals surface area contributed by atoms with Gasteiger partial charge in [-0.15, -0.1) is 0 Å². The first-order chi connectivity index (χ1) is 16.9. The first-order valence-electron chi connectivity index (χ1n) is 12.6. The molecule has 0 radical (unpaired) electrons. The van der Waals surface area contributed by atoms with Crippen LogP contribution in [-0.2, 0) is 26.0 Å². The third-order valence-corrected chi connectivity index (χ3v) is 7.43. The van der Waals surface area contributed by atoms with E-state index < -0.39 is 16.1 Å². The lowest BCUT2D eigenvalue weighted by Gasteiger charge is -2.31. The number of hydrogen-bond donors (Lipinski definition) is 1. The van der Waals surface area contributed by atoms with Gasteiger partial charge in [-0.05, 0) is 75.8 Å². The van der Waals surface area contributed by atoms with Crippen LogP contribution in [0.3, 0.4) is 0 Å². The normalized spacial score (nSPS) is 12.3. The van der Waals surface area contributed by atoms with Crippen LogP contribution in [-0.4, -0.2) is 56.6 Å². The van der Waals surface area contributed by atoms with Crippen molar-refractivity contribution in [3.05, 3.63) is 65.2 Å². The topological polar surface area (TPSA) is 86.8 Å². The number of hydrogen-bond acceptors (Lipinski definition) is 4. The number of anilines is 1. The number of carbonyl (C=O) groups is 2. The third kappa shape index (κ3) is 8.66. The molecule has 0 aliphatic rings. The van der Waals surface area contributed by atoms with Gasteiger partial charge < -0.3 is 10.2 Å². The number of nitrogens with one attached hydrogen (secondary N) is 1. The number of amides is 2. The van der Waals surface area contributed by atoms with Gasteiger partial charge in [0, 0.05) is 25.6 Å². The molecule has 0 spiro atoms. The summed E-state index contributed by atoms with van der Waals surface area (Å²) in [6.07, 6.45) is 2.81. The van der Waals surface area contributed by atoms with E-state index in [-0.39, 0.29) is 30.8 Å². The fourth-order valence-corrected chi connectivity index (χ4v) is 5.12. The van der Waals surface area contributed by atoms with Crippen LogP contribution in [0.2, 0.25) is 0 Å². The number of rotatable bonds is 13. The summed E-state index contributed by atoms with van der Waals surface area (Å²) < 4.78 is 26.4. The molecule has 2 amide bonds. The summed E-state index contributed by atoms with van der Waals surface area (Å²) in [5.74, 6) is -0.313. The highest BCUT2D eigenvalue weighted by molar-refractivity contribution is 7.92. The molecule has 0 bridgehead atoms. The molecule has 36 heavy (non-hydrogen) atoms. The van der Waals surface area contributed by atoms with Gasteiger partial charge in [-0.25, -0.2) is 8.42 Å². The first-order valence-corrected chi connectivity index (χ1v) is 14.5. The van der Waals surface area contributed by atoms with E-state index in [4.69, 9.17) is 0 Å². The quantitative estimate of drug-likeness (QED) is 0.433. The molecule has 2 rings (SSSR count). The zero-order chi connectivity index (χ0) is 26.9. The van der Waals surface area contributed by atoms with Gasteiger partial charge in [0.05, 0.1) is 11.9 Å². The van der Waals surface area contributed by atoms with Gasteiger partial charge in [-0.1, -0.05) is 43.3 Å². The van der Waals surface area contributed by atoms with E-state index >= 15 is 0 Å². The lowest BCUT2D eigenvalue weighted by molar-refractivity contribution is -0.141. The van der Waals surface area contributed by atoms with Gasteiger partial charge in [0.15, 0.2) is 0 Å². The van der Waals surface area contributed by atoms with Crippen molar-refractivity contribution in [2.24, 2.45) is 0 Å². The fraction of sp³-hybridized carbons (Fsp3) is 0.500. The molecule has 0 saturated heterocycles. The Morgan fingerprint density at radius 2 is 1.64 bits per heavy atom. The maximum atomic E-state index is 13.4. The molecule has 1 atom stereocenters. The Labute approximate surface area is 216 Å². The smallest absolute Gasteiger partial charge is 0.242 e. The average molecular weight is 516 g/mol. The molecule has 1 N–H and O–H groups in total. The second-order valence-electron chi connectivity index (χ2n) is 9.62. The molecule has 198 valence electrons. The minimum absolute atomic E-state index is 0.0288. The lowest BCUT2D eigenvalue weighted by Crippen LogP contribution is -2.51.